The third-order valence-electron chi connectivity index (χ3n) is 5.27. The summed E-state index contributed by atoms with van der Waals surface area (Å²) in [7, 11) is 0. The number of aromatic amines is 1. The molecular weight excluding hydrogens is 563 g/mol. The molecule has 8 nitrogen and oxygen atoms in total. The highest BCUT2D eigenvalue weighted by Crippen LogP contribution is 2.41. The largest absolute Gasteiger partial charge is 0.451 e. The number of aliphatic imine (C=N–C) groups is 1. The van der Waals surface area contributed by atoms with Gasteiger partial charge in [-0.3, -0.25) is 5.41 Å². The van der Waals surface area contributed by atoms with Crippen LogP contribution in [-0.4, -0.2) is 33.3 Å². The van der Waals surface area contributed by atoms with E-state index >= 15 is 0 Å². The van der Waals surface area contributed by atoms with E-state index in [1.807, 2.05) is 6.92 Å². The van der Waals surface area contributed by atoms with Gasteiger partial charge in [-0.1, -0.05) is 6.92 Å². The number of aromatic nitrogens is 3. The molecule has 6 N–H and O–H groups in total. The van der Waals surface area contributed by atoms with Gasteiger partial charge in [-0.15, -0.1) is 0 Å². The molecule has 0 aliphatic rings. The summed E-state index contributed by atoms with van der Waals surface area (Å²) in [4.78, 5) is 13.6. The molecule has 2 aromatic heterocycles. The van der Waals surface area contributed by atoms with Crippen molar-refractivity contribution in [2.75, 3.05) is 5.32 Å². The minimum absolute atomic E-state index is 0.00760. The maximum atomic E-state index is 14.1. The zero-order chi connectivity index (χ0) is 27.3. The molecule has 0 bridgehead atoms. The first-order chi connectivity index (χ1) is 17.5. The van der Waals surface area contributed by atoms with Crippen LogP contribution in [-0.2, 0) is 6.18 Å². The van der Waals surface area contributed by atoms with Crippen molar-refractivity contribution in [3.05, 3.63) is 75.7 Å². The van der Waals surface area contributed by atoms with Crippen molar-refractivity contribution in [1.29, 1.82) is 10.8 Å². The molecule has 0 fully saturated rings. The second-order valence-corrected chi connectivity index (χ2v) is 8.35. The molecule has 3 aromatic rings. The molecule has 1 unspecified atom stereocenters. The quantitative estimate of drug-likeness (QED) is 0.120. The second-order valence-electron chi connectivity index (χ2n) is 7.56. The highest BCUT2D eigenvalue weighted by atomic mass is 79.9. The lowest BCUT2D eigenvalue weighted by molar-refractivity contribution is -0.144. The molecule has 0 amide bonds. The Hall–Kier alpha value is -3.94. The predicted octanol–water partition coefficient (Wildman–Crippen LogP) is 5.98. The first kappa shape index (κ1) is 27.6. The number of anilines is 1. The summed E-state index contributed by atoms with van der Waals surface area (Å²) >= 11 is 3.47. The van der Waals surface area contributed by atoms with Crippen LogP contribution in [0.4, 0.5) is 27.6 Å². The minimum atomic E-state index is -4.73. The van der Waals surface area contributed by atoms with E-state index in [4.69, 9.17) is 16.6 Å². The fourth-order valence-corrected chi connectivity index (χ4v) is 4.36. The van der Waals surface area contributed by atoms with Crippen molar-refractivity contribution < 1.29 is 22.0 Å². The van der Waals surface area contributed by atoms with Gasteiger partial charge in [0.2, 0.25) is 5.82 Å². The summed E-state index contributed by atoms with van der Waals surface area (Å²) in [5.74, 6) is -3.52. The average molecular weight is 583 g/mol. The number of rotatable bonds is 9. The summed E-state index contributed by atoms with van der Waals surface area (Å²) in [5.41, 5.74) is 7.55. The van der Waals surface area contributed by atoms with E-state index in [1.165, 1.54) is 12.3 Å². The number of nitrogens with zero attached hydrogens (tertiary/aromatic N) is 3. The molecular formula is C23H20BrF5N8. The molecule has 2 heterocycles. The van der Waals surface area contributed by atoms with Crippen molar-refractivity contribution in [1.82, 2.24) is 15.0 Å². The van der Waals surface area contributed by atoms with Gasteiger partial charge in [0.15, 0.2) is 0 Å². The Morgan fingerprint density at radius 2 is 1.92 bits per heavy atom. The first-order valence-corrected chi connectivity index (χ1v) is 11.4. The van der Waals surface area contributed by atoms with Crippen LogP contribution in [0, 0.1) is 22.5 Å². The number of allylic oxidation sites excluding steroid dienone is 1. The van der Waals surface area contributed by atoms with Gasteiger partial charge in [-0.2, -0.15) is 13.2 Å². The SMILES string of the molecule is CCC(/C(C=N)=C/Nc1ccc(F)cc1F)c1[nH]c(/C(N)=N\C=N)c(-c2cnc(C(F)(F)F)nc2)c1Br. The lowest BCUT2D eigenvalue weighted by Crippen LogP contribution is -2.16. The Morgan fingerprint density at radius 3 is 2.46 bits per heavy atom. The summed E-state index contributed by atoms with van der Waals surface area (Å²) in [5, 5.41) is 17.9. The van der Waals surface area contributed by atoms with E-state index in [0.717, 1.165) is 30.7 Å². The van der Waals surface area contributed by atoms with Crippen molar-refractivity contribution in [3.63, 3.8) is 0 Å². The summed E-state index contributed by atoms with van der Waals surface area (Å²) in [6, 6.07) is 3.01. The number of halogens is 6. The van der Waals surface area contributed by atoms with Crippen molar-refractivity contribution in [2.45, 2.75) is 25.4 Å². The van der Waals surface area contributed by atoms with Gasteiger partial charge in [0.05, 0.1) is 11.4 Å². The molecule has 1 atom stereocenters. The number of nitrogens with one attached hydrogen (secondary N) is 4. The Balaban J connectivity index is 2.11. The monoisotopic (exact) mass is 582 g/mol. The highest BCUT2D eigenvalue weighted by molar-refractivity contribution is 9.10. The van der Waals surface area contributed by atoms with E-state index in [-0.39, 0.29) is 22.8 Å². The van der Waals surface area contributed by atoms with E-state index in [1.54, 1.807) is 0 Å². The maximum Gasteiger partial charge on any atom is 0.451 e. The molecule has 0 saturated carbocycles. The summed E-state index contributed by atoms with van der Waals surface area (Å²) in [6.07, 6.45) is 0.822. The number of nitrogens with two attached hydrogens (primary N) is 1. The van der Waals surface area contributed by atoms with Crippen LogP contribution in [0.1, 0.15) is 36.5 Å². The van der Waals surface area contributed by atoms with Crippen LogP contribution in [0.5, 0.6) is 0 Å². The second kappa shape index (κ2) is 11.4. The van der Waals surface area contributed by atoms with Crippen LogP contribution in [0.3, 0.4) is 0 Å². The molecule has 3 rings (SSSR count). The van der Waals surface area contributed by atoms with Gasteiger partial charge < -0.3 is 21.4 Å². The molecule has 0 aliphatic heterocycles. The molecule has 0 radical (unpaired) electrons. The molecule has 194 valence electrons. The number of amidine groups is 1. The van der Waals surface area contributed by atoms with Crippen LogP contribution in [0.2, 0.25) is 0 Å². The fraction of sp³-hybridized carbons (Fsp3) is 0.174. The predicted molar refractivity (Wildman–Crippen MR) is 134 cm³/mol. The third-order valence-corrected chi connectivity index (χ3v) is 6.09. The van der Waals surface area contributed by atoms with Gasteiger partial charge in [-0.05, 0) is 40.1 Å². The Bertz CT molecular complexity index is 1360. The van der Waals surface area contributed by atoms with E-state index in [2.05, 4.69) is 41.2 Å². The smallest absolute Gasteiger partial charge is 0.382 e. The normalized spacial score (nSPS) is 13.4. The van der Waals surface area contributed by atoms with Crippen LogP contribution < -0.4 is 11.1 Å². The van der Waals surface area contributed by atoms with E-state index in [9.17, 15) is 22.0 Å². The lowest BCUT2D eigenvalue weighted by atomic mass is 9.93. The minimum Gasteiger partial charge on any atom is -0.382 e. The fourth-order valence-electron chi connectivity index (χ4n) is 3.55. The van der Waals surface area contributed by atoms with Gasteiger partial charge in [-0.25, -0.2) is 23.7 Å². The molecule has 14 heteroatoms. The van der Waals surface area contributed by atoms with Crippen molar-refractivity contribution in [2.24, 2.45) is 10.7 Å². The van der Waals surface area contributed by atoms with Crippen LogP contribution in [0.15, 0.2) is 51.8 Å². The Kier molecular flexibility index (Phi) is 8.53. The Morgan fingerprint density at radius 1 is 1.24 bits per heavy atom. The molecule has 0 saturated heterocycles. The molecule has 37 heavy (non-hydrogen) atoms. The Labute approximate surface area is 216 Å². The molecule has 1 aromatic carbocycles. The van der Waals surface area contributed by atoms with E-state index in [0.29, 0.717) is 34.1 Å². The lowest BCUT2D eigenvalue weighted by Gasteiger charge is -2.16. The number of H-pyrrole nitrogens is 1. The van der Waals surface area contributed by atoms with Gasteiger partial charge in [0.1, 0.15) is 23.8 Å². The zero-order valence-corrected chi connectivity index (χ0v) is 20.7. The average Bonchev–Trinajstić information content (AvgIpc) is 3.19. The van der Waals surface area contributed by atoms with Crippen LogP contribution >= 0.6 is 15.9 Å². The van der Waals surface area contributed by atoms with Crippen molar-refractivity contribution >= 4 is 40.0 Å². The summed E-state index contributed by atoms with van der Waals surface area (Å²) < 4.78 is 66.5. The number of benzene rings is 1. The van der Waals surface area contributed by atoms with Crippen LogP contribution in [0.25, 0.3) is 11.1 Å². The first-order valence-electron chi connectivity index (χ1n) is 10.6. The molecule has 0 aliphatic carbocycles. The number of hydrogen-bond acceptors (Lipinski definition) is 5. The number of hydrogen-bond donors (Lipinski definition) is 5. The highest BCUT2D eigenvalue weighted by Gasteiger charge is 2.35. The topological polar surface area (TPSA) is 140 Å². The number of alkyl halides is 3. The summed E-state index contributed by atoms with van der Waals surface area (Å²) in [6.45, 7) is 1.82. The van der Waals surface area contributed by atoms with Gasteiger partial charge in [0, 0.05) is 58.1 Å². The third kappa shape index (κ3) is 6.07. The zero-order valence-electron chi connectivity index (χ0n) is 19.1. The molecule has 0 spiro atoms. The standard InChI is InChI=1S/C23H20BrF5N8/c1-2-14(11(6-30)7-33-16-4-3-13(25)5-15(16)26)19-18(24)17(20(37-19)21(32)36-10-31)12-8-34-22(35-9-12)23(27,28)29/h3-10,14,30,33,37H,2H2,1H3,(H3,31,32,36)/b11-7+,30-6?. The van der Waals surface area contributed by atoms with Gasteiger partial charge >= 0.3 is 6.18 Å². The maximum absolute atomic E-state index is 14.1. The van der Waals surface area contributed by atoms with Gasteiger partial charge in [0.25, 0.3) is 0 Å². The van der Waals surface area contributed by atoms with Crippen molar-refractivity contribution in [3.8, 4) is 11.1 Å². The van der Waals surface area contributed by atoms with E-state index < -0.39 is 29.6 Å².